The quantitative estimate of drug-likeness (QED) is 0.625. The van der Waals surface area contributed by atoms with Gasteiger partial charge in [-0.2, -0.15) is 0 Å². The van der Waals surface area contributed by atoms with Crippen molar-refractivity contribution in [2.24, 2.45) is 7.05 Å². The van der Waals surface area contributed by atoms with Crippen molar-refractivity contribution >= 4 is 50.5 Å². The van der Waals surface area contributed by atoms with Crippen LogP contribution in [0.25, 0.3) is 10.2 Å². The molecule has 0 bridgehead atoms. The number of carbonyl (C=O) groups excluding carboxylic acids is 1. The number of nitrogens with zero attached hydrogens (tertiary/aromatic N) is 1. The number of thiazole rings is 1. The van der Waals surface area contributed by atoms with E-state index in [0.717, 1.165) is 21.6 Å². The number of rotatable bonds is 2. The van der Waals surface area contributed by atoms with E-state index in [1.165, 1.54) is 4.57 Å². The monoisotopic (exact) mass is 275 g/mol. The van der Waals surface area contributed by atoms with E-state index < -0.39 is 0 Å². The van der Waals surface area contributed by atoms with E-state index in [-0.39, 0.29) is 16.5 Å². The highest BCUT2D eigenvalue weighted by Gasteiger charge is 2.13. The summed E-state index contributed by atoms with van der Waals surface area (Å²) in [6.07, 6.45) is 0. The van der Waals surface area contributed by atoms with Crippen LogP contribution in [0.5, 0.6) is 0 Å². The summed E-state index contributed by atoms with van der Waals surface area (Å²) < 4.78 is 2.24. The van der Waals surface area contributed by atoms with Gasteiger partial charge in [-0.25, -0.2) is 0 Å². The molecule has 0 aliphatic carbocycles. The molecule has 1 aromatic carbocycles. The predicted octanol–water partition coefficient (Wildman–Crippen LogP) is 2.67. The summed E-state index contributed by atoms with van der Waals surface area (Å²) in [6.45, 7) is 0. The second kappa shape index (κ2) is 4.20. The molecule has 2 rings (SSSR count). The van der Waals surface area contributed by atoms with E-state index in [0.29, 0.717) is 10.6 Å². The minimum absolute atomic E-state index is 0.0819. The van der Waals surface area contributed by atoms with Gasteiger partial charge in [0.15, 0.2) is 5.78 Å². The van der Waals surface area contributed by atoms with Gasteiger partial charge in [-0.1, -0.05) is 22.9 Å². The third kappa shape index (κ3) is 1.77. The molecule has 0 saturated heterocycles. The summed E-state index contributed by atoms with van der Waals surface area (Å²) in [4.78, 5) is 22.8. The number of benzene rings is 1. The number of fused-ring (bicyclic) bond motifs is 1. The molecule has 0 unspecified atom stereocenters. The van der Waals surface area contributed by atoms with Crippen LogP contribution in [0.3, 0.4) is 0 Å². The molecule has 0 radical (unpaired) electrons. The highest BCUT2D eigenvalue weighted by molar-refractivity contribution is 7.16. The first-order valence-corrected chi connectivity index (χ1v) is 6.15. The first kappa shape index (κ1) is 11.6. The molecular formula is C10H7Cl2NO2S. The number of aromatic nitrogens is 1. The lowest BCUT2D eigenvalue weighted by molar-refractivity contribution is 0.102. The van der Waals surface area contributed by atoms with Crippen molar-refractivity contribution in [3.8, 4) is 0 Å². The molecule has 0 aliphatic heterocycles. The number of carbonyl (C=O) groups is 1. The molecule has 0 N–H and O–H groups in total. The SMILES string of the molecule is Cn1c(=O)sc2cc(C(=O)CCl)c(Cl)cc21. The summed E-state index contributed by atoms with van der Waals surface area (Å²) in [5.74, 6) is -0.357. The summed E-state index contributed by atoms with van der Waals surface area (Å²) in [5.41, 5.74) is 1.09. The Balaban J connectivity index is 2.77. The number of ketones is 1. The van der Waals surface area contributed by atoms with Gasteiger partial charge < -0.3 is 4.57 Å². The molecule has 0 fully saturated rings. The Bertz CT molecular complexity index is 630. The lowest BCUT2D eigenvalue weighted by Crippen LogP contribution is -2.06. The molecule has 2 aromatic rings. The number of aryl methyl sites for hydroxylation is 1. The van der Waals surface area contributed by atoms with Gasteiger partial charge in [0.25, 0.3) is 0 Å². The first-order chi connectivity index (χ1) is 7.54. The Morgan fingerprint density at radius 3 is 2.81 bits per heavy atom. The van der Waals surface area contributed by atoms with Crippen LogP contribution < -0.4 is 4.87 Å². The zero-order valence-electron chi connectivity index (χ0n) is 8.29. The molecule has 1 aromatic heterocycles. The van der Waals surface area contributed by atoms with Crippen molar-refractivity contribution in [2.45, 2.75) is 0 Å². The molecule has 0 aliphatic rings. The van der Waals surface area contributed by atoms with Crippen LogP contribution in [0.2, 0.25) is 5.02 Å². The standard InChI is InChI=1S/C10H7Cl2NO2S/c1-13-7-3-6(12)5(8(14)4-11)2-9(7)16-10(13)15/h2-3H,4H2,1H3. The van der Waals surface area contributed by atoms with Crippen molar-refractivity contribution in [1.29, 1.82) is 0 Å². The molecule has 0 saturated carbocycles. The largest absolute Gasteiger partial charge is 0.307 e. The van der Waals surface area contributed by atoms with E-state index in [9.17, 15) is 9.59 Å². The number of alkyl halides is 1. The van der Waals surface area contributed by atoms with Gasteiger partial charge in [-0.05, 0) is 12.1 Å². The van der Waals surface area contributed by atoms with Crippen molar-refractivity contribution < 1.29 is 4.79 Å². The maximum absolute atomic E-state index is 11.5. The zero-order valence-corrected chi connectivity index (χ0v) is 10.6. The second-order valence-electron chi connectivity index (χ2n) is 3.28. The maximum atomic E-state index is 11.5. The first-order valence-electron chi connectivity index (χ1n) is 4.43. The minimum Gasteiger partial charge on any atom is -0.302 e. The summed E-state index contributed by atoms with van der Waals surface area (Å²) in [5, 5.41) is 0.326. The Kier molecular flexibility index (Phi) is 3.06. The molecule has 0 spiro atoms. The molecule has 0 amide bonds. The van der Waals surface area contributed by atoms with Crippen LogP contribution in [0.4, 0.5) is 0 Å². The highest BCUT2D eigenvalue weighted by Crippen LogP contribution is 2.26. The topological polar surface area (TPSA) is 39.1 Å². The molecule has 16 heavy (non-hydrogen) atoms. The van der Waals surface area contributed by atoms with Gasteiger partial charge in [-0.3, -0.25) is 9.59 Å². The molecule has 1 heterocycles. The number of Topliss-reactive ketones (excluding diaryl/α,β-unsaturated/α-hetero) is 1. The van der Waals surface area contributed by atoms with Crippen molar-refractivity contribution in [3.63, 3.8) is 0 Å². The van der Waals surface area contributed by atoms with E-state index >= 15 is 0 Å². The van der Waals surface area contributed by atoms with Crippen LogP contribution in [-0.2, 0) is 7.05 Å². The van der Waals surface area contributed by atoms with E-state index in [4.69, 9.17) is 23.2 Å². The fourth-order valence-electron chi connectivity index (χ4n) is 1.43. The number of halogens is 2. The summed E-state index contributed by atoms with van der Waals surface area (Å²) in [7, 11) is 1.67. The van der Waals surface area contributed by atoms with Gasteiger partial charge in [0.1, 0.15) is 0 Å². The van der Waals surface area contributed by atoms with E-state index in [2.05, 4.69) is 0 Å². The molecule has 6 heteroatoms. The number of hydrogen-bond acceptors (Lipinski definition) is 3. The Hall–Kier alpha value is -0.840. The summed E-state index contributed by atoms with van der Waals surface area (Å²) >= 11 is 12.5. The van der Waals surface area contributed by atoms with Crippen molar-refractivity contribution in [3.05, 3.63) is 32.4 Å². The Labute approximate surface area is 105 Å². The zero-order chi connectivity index (χ0) is 11.9. The minimum atomic E-state index is -0.239. The van der Waals surface area contributed by atoms with Gasteiger partial charge >= 0.3 is 4.87 Å². The van der Waals surface area contributed by atoms with Crippen LogP contribution in [0.15, 0.2) is 16.9 Å². The number of hydrogen-bond donors (Lipinski definition) is 0. The van der Waals surface area contributed by atoms with Crippen LogP contribution in [-0.4, -0.2) is 16.2 Å². The molecule has 0 atom stereocenters. The molecule has 84 valence electrons. The van der Waals surface area contributed by atoms with Crippen LogP contribution >= 0.6 is 34.5 Å². The van der Waals surface area contributed by atoms with Gasteiger partial charge in [0.05, 0.1) is 21.1 Å². The third-order valence-corrected chi connectivity index (χ3v) is 3.85. The smallest absolute Gasteiger partial charge is 0.302 e. The Morgan fingerprint density at radius 2 is 2.19 bits per heavy atom. The average molecular weight is 276 g/mol. The lowest BCUT2D eigenvalue weighted by Gasteiger charge is -2.01. The van der Waals surface area contributed by atoms with Gasteiger partial charge in [0, 0.05) is 12.6 Å². The maximum Gasteiger partial charge on any atom is 0.307 e. The van der Waals surface area contributed by atoms with Crippen LogP contribution in [0.1, 0.15) is 10.4 Å². The highest BCUT2D eigenvalue weighted by atomic mass is 35.5. The third-order valence-electron chi connectivity index (χ3n) is 2.30. The predicted molar refractivity (Wildman–Crippen MR) is 67.1 cm³/mol. The van der Waals surface area contributed by atoms with Crippen LogP contribution in [0, 0.1) is 0 Å². The summed E-state index contributed by atoms with van der Waals surface area (Å²) in [6, 6.07) is 3.24. The van der Waals surface area contributed by atoms with Crippen molar-refractivity contribution in [1.82, 2.24) is 4.57 Å². The fraction of sp³-hybridized carbons (Fsp3) is 0.200. The van der Waals surface area contributed by atoms with Crippen molar-refractivity contribution in [2.75, 3.05) is 5.88 Å². The van der Waals surface area contributed by atoms with Gasteiger partial charge in [-0.15, -0.1) is 11.6 Å². The fourth-order valence-corrected chi connectivity index (χ4v) is 2.74. The lowest BCUT2D eigenvalue weighted by atomic mass is 10.1. The Morgan fingerprint density at radius 1 is 1.50 bits per heavy atom. The molecule has 3 nitrogen and oxygen atoms in total. The molecular weight excluding hydrogens is 269 g/mol. The van der Waals surface area contributed by atoms with E-state index in [1.807, 2.05) is 0 Å². The van der Waals surface area contributed by atoms with Gasteiger partial charge in [0.2, 0.25) is 0 Å². The van der Waals surface area contributed by atoms with E-state index in [1.54, 1.807) is 19.2 Å². The average Bonchev–Trinajstić information content (AvgIpc) is 2.53. The normalized spacial score (nSPS) is 10.9. The second-order valence-corrected chi connectivity index (χ2v) is 4.95.